The SMILES string of the molecule is C=C1N=C(N)C=CN1[C@@H]1O[C@@]2(COP(=O)(NC(C)C(=O)OC(C)C)Oc3ccccc3)CO[C@]1(C)[C@@H]2O. The first-order chi connectivity index (χ1) is 17.4. The number of nitrogens with two attached hydrogens (primary N) is 1. The van der Waals surface area contributed by atoms with E-state index in [-0.39, 0.29) is 30.9 Å². The predicted molar refractivity (Wildman–Crippen MR) is 134 cm³/mol. The number of hydrogen-bond donors (Lipinski definition) is 3. The summed E-state index contributed by atoms with van der Waals surface area (Å²) >= 11 is 0. The number of aliphatic imine (C=N–C) groups is 1. The van der Waals surface area contributed by atoms with E-state index < -0.39 is 43.3 Å². The van der Waals surface area contributed by atoms with Crippen LogP contribution in [0.25, 0.3) is 0 Å². The number of para-hydroxylation sites is 1. The molecule has 2 unspecified atom stereocenters. The lowest BCUT2D eigenvalue weighted by molar-refractivity contribution is -0.216. The van der Waals surface area contributed by atoms with Gasteiger partial charge in [0.1, 0.15) is 40.8 Å². The van der Waals surface area contributed by atoms with Crippen molar-refractivity contribution in [1.82, 2.24) is 9.99 Å². The van der Waals surface area contributed by atoms with Crippen molar-refractivity contribution in [3.8, 4) is 5.75 Å². The first kappa shape index (κ1) is 27.3. The van der Waals surface area contributed by atoms with Gasteiger partial charge in [-0.25, -0.2) is 9.56 Å². The molecule has 202 valence electrons. The summed E-state index contributed by atoms with van der Waals surface area (Å²) in [4.78, 5) is 18.1. The Kier molecular flexibility index (Phi) is 7.53. The Hall–Kier alpha value is -2.73. The number of rotatable bonds is 10. The smallest absolute Gasteiger partial charge is 0.459 e. The Balaban J connectivity index is 1.54. The minimum Gasteiger partial charge on any atom is -0.462 e. The molecule has 13 heteroatoms. The van der Waals surface area contributed by atoms with Crippen molar-refractivity contribution >= 4 is 19.6 Å². The zero-order chi connectivity index (χ0) is 27.0. The molecule has 1 aromatic carbocycles. The number of nitrogens with zero attached hydrogens (tertiary/aromatic N) is 2. The topological polar surface area (TPSA) is 154 Å². The Morgan fingerprint density at radius 1 is 1.38 bits per heavy atom. The maximum atomic E-state index is 13.9. The average Bonchev–Trinajstić information content (AvgIpc) is 3.20. The third-order valence-electron chi connectivity index (χ3n) is 6.22. The fourth-order valence-electron chi connectivity index (χ4n) is 4.32. The van der Waals surface area contributed by atoms with E-state index in [9.17, 15) is 14.5 Å². The fraction of sp³-hybridized carbons (Fsp3) is 0.500. The van der Waals surface area contributed by atoms with Crippen LogP contribution in [0.4, 0.5) is 0 Å². The van der Waals surface area contributed by atoms with E-state index in [1.807, 2.05) is 0 Å². The van der Waals surface area contributed by atoms with Crippen LogP contribution in [0.3, 0.4) is 0 Å². The molecule has 1 aromatic rings. The second kappa shape index (κ2) is 10.2. The molecule has 0 amide bonds. The third kappa shape index (κ3) is 5.45. The largest absolute Gasteiger partial charge is 0.462 e. The van der Waals surface area contributed by atoms with Gasteiger partial charge in [0.05, 0.1) is 19.3 Å². The molecule has 2 bridgehead atoms. The van der Waals surface area contributed by atoms with Gasteiger partial charge in [0, 0.05) is 6.20 Å². The van der Waals surface area contributed by atoms with Crippen LogP contribution in [0.1, 0.15) is 27.7 Å². The first-order valence-corrected chi connectivity index (χ1v) is 13.4. The van der Waals surface area contributed by atoms with E-state index in [0.29, 0.717) is 5.82 Å². The summed E-state index contributed by atoms with van der Waals surface area (Å²) in [5.41, 5.74) is 3.18. The van der Waals surface area contributed by atoms with Crippen molar-refractivity contribution in [2.24, 2.45) is 10.7 Å². The van der Waals surface area contributed by atoms with Crippen molar-refractivity contribution in [3.05, 3.63) is 55.0 Å². The van der Waals surface area contributed by atoms with Gasteiger partial charge in [0.15, 0.2) is 6.23 Å². The summed E-state index contributed by atoms with van der Waals surface area (Å²) in [5, 5.41) is 13.9. The van der Waals surface area contributed by atoms with Crippen molar-refractivity contribution < 1.29 is 37.7 Å². The Bertz CT molecular complexity index is 1140. The maximum absolute atomic E-state index is 13.9. The number of aliphatic hydroxyl groups excluding tert-OH is 1. The molecule has 3 aliphatic rings. The molecule has 37 heavy (non-hydrogen) atoms. The third-order valence-corrected chi connectivity index (χ3v) is 7.85. The van der Waals surface area contributed by atoms with Gasteiger partial charge >= 0.3 is 13.7 Å². The number of fused-ring (bicyclic) bond motifs is 2. The number of amidine groups is 1. The van der Waals surface area contributed by atoms with E-state index >= 15 is 0 Å². The van der Waals surface area contributed by atoms with Crippen molar-refractivity contribution in [1.29, 1.82) is 0 Å². The molecule has 0 spiro atoms. The van der Waals surface area contributed by atoms with Gasteiger partial charge in [-0.05, 0) is 45.9 Å². The van der Waals surface area contributed by atoms with Crippen LogP contribution in [0.2, 0.25) is 0 Å². The standard InChI is InChI=1S/C24H33N4O8P/c1-15(2)34-20(29)16(3)27-37(31,36-18-9-7-6-8-10-18)33-14-24-13-32-23(5,21(24)30)22(35-24)28-12-11-19(25)26-17(28)4/h6-12,15-16,21-22,30H,4,13-14H2,1-3,5H3,(H2,25,26)(H,27,31)/t16?,21-,22+,23+,24+,37?/m0/s1. The Morgan fingerprint density at radius 2 is 2.08 bits per heavy atom. The minimum atomic E-state index is -4.19. The van der Waals surface area contributed by atoms with Gasteiger partial charge in [0.25, 0.3) is 0 Å². The molecule has 0 aliphatic carbocycles. The molecule has 0 aromatic heterocycles. The van der Waals surface area contributed by atoms with E-state index in [2.05, 4.69) is 16.7 Å². The van der Waals surface area contributed by atoms with Crippen LogP contribution in [-0.2, 0) is 28.1 Å². The number of ether oxygens (including phenoxy) is 3. The highest BCUT2D eigenvalue weighted by molar-refractivity contribution is 7.52. The molecule has 0 radical (unpaired) electrons. The molecule has 3 heterocycles. The van der Waals surface area contributed by atoms with Crippen LogP contribution in [0.5, 0.6) is 5.75 Å². The van der Waals surface area contributed by atoms with Gasteiger partial charge in [0.2, 0.25) is 0 Å². The van der Waals surface area contributed by atoms with Gasteiger partial charge in [-0.3, -0.25) is 9.32 Å². The number of carbonyl (C=O) groups is 1. The second-order valence-corrected chi connectivity index (χ2v) is 11.3. The van der Waals surface area contributed by atoms with Crippen LogP contribution >= 0.6 is 7.75 Å². The lowest BCUT2D eigenvalue weighted by Crippen LogP contribution is -2.52. The number of carbonyl (C=O) groups excluding carboxylic acids is 1. The van der Waals surface area contributed by atoms with E-state index in [0.717, 1.165) is 0 Å². The van der Waals surface area contributed by atoms with Gasteiger partial charge < -0.3 is 34.5 Å². The van der Waals surface area contributed by atoms with E-state index in [1.54, 1.807) is 68.3 Å². The van der Waals surface area contributed by atoms with Gasteiger partial charge in [-0.15, -0.1) is 0 Å². The summed E-state index contributed by atoms with van der Waals surface area (Å²) < 4.78 is 42.8. The molecule has 4 N–H and O–H groups in total. The van der Waals surface area contributed by atoms with E-state index in [4.69, 9.17) is 29.0 Å². The molecule has 2 fully saturated rings. The number of nitrogens with one attached hydrogen (secondary N) is 1. The lowest BCUT2D eigenvalue weighted by atomic mass is 9.91. The summed E-state index contributed by atoms with van der Waals surface area (Å²) in [7, 11) is -4.19. The molecular formula is C24H33N4O8P. The maximum Gasteiger partial charge on any atom is 0.459 e. The molecule has 6 atom stereocenters. The normalized spacial score (nSPS) is 31.2. The molecule has 2 saturated heterocycles. The number of aliphatic hydroxyl groups is 1. The predicted octanol–water partition coefficient (Wildman–Crippen LogP) is 2.02. The van der Waals surface area contributed by atoms with Gasteiger partial charge in [-0.1, -0.05) is 24.8 Å². The van der Waals surface area contributed by atoms with E-state index in [1.165, 1.54) is 6.92 Å². The average molecular weight is 537 g/mol. The van der Waals surface area contributed by atoms with Crippen molar-refractivity contribution in [3.63, 3.8) is 0 Å². The second-order valence-electron chi connectivity index (χ2n) is 9.60. The van der Waals surface area contributed by atoms with Crippen LogP contribution in [0, 0.1) is 0 Å². The monoisotopic (exact) mass is 536 g/mol. The number of benzene rings is 1. The first-order valence-electron chi connectivity index (χ1n) is 11.8. The van der Waals surface area contributed by atoms with Crippen LogP contribution in [-0.4, -0.2) is 70.7 Å². The number of esters is 1. The minimum absolute atomic E-state index is 0.0348. The number of hydrogen-bond acceptors (Lipinski definition) is 11. The Labute approximate surface area is 215 Å². The highest BCUT2D eigenvalue weighted by atomic mass is 31.2. The van der Waals surface area contributed by atoms with Crippen LogP contribution < -0.4 is 15.3 Å². The summed E-state index contributed by atoms with van der Waals surface area (Å²) in [6, 6.07) is 7.35. The quantitative estimate of drug-likeness (QED) is 0.297. The van der Waals surface area contributed by atoms with Crippen molar-refractivity contribution in [2.75, 3.05) is 13.2 Å². The highest BCUT2D eigenvalue weighted by Gasteiger charge is 2.70. The molecule has 12 nitrogen and oxygen atoms in total. The van der Waals surface area contributed by atoms with Gasteiger partial charge in [-0.2, -0.15) is 5.09 Å². The lowest BCUT2D eigenvalue weighted by Gasteiger charge is -2.40. The summed E-state index contributed by atoms with van der Waals surface area (Å²) in [5.74, 6) is 0.216. The molecular weight excluding hydrogens is 503 g/mol. The fourth-order valence-corrected chi connectivity index (χ4v) is 5.87. The molecule has 3 aliphatic heterocycles. The summed E-state index contributed by atoms with van der Waals surface area (Å²) in [6.07, 6.45) is 0.868. The summed E-state index contributed by atoms with van der Waals surface area (Å²) in [6.45, 7) is 10.1. The zero-order valence-electron chi connectivity index (χ0n) is 21.2. The van der Waals surface area contributed by atoms with Crippen LogP contribution in [0.15, 0.2) is 60.0 Å². The molecule has 0 saturated carbocycles. The molecule has 4 rings (SSSR count). The highest BCUT2D eigenvalue weighted by Crippen LogP contribution is 2.53. The Morgan fingerprint density at radius 3 is 2.73 bits per heavy atom. The van der Waals surface area contributed by atoms with Crippen molar-refractivity contribution in [2.45, 2.75) is 63.4 Å². The zero-order valence-corrected chi connectivity index (χ0v) is 22.1.